The number of carbonyl (C=O) groups is 1. The summed E-state index contributed by atoms with van der Waals surface area (Å²) in [7, 11) is 0. The summed E-state index contributed by atoms with van der Waals surface area (Å²) in [5.74, 6) is 0.0113. The molecular weight excluding hydrogens is 218 g/mol. The zero-order valence-corrected chi connectivity index (χ0v) is 9.28. The van der Waals surface area contributed by atoms with Gasteiger partial charge in [0.05, 0.1) is 6.04 Å². The lowest BCUT2D eigenvalue weighted by Gasteiger charge is -2.15. The van der Waals surface area contributed by atoms with Gasteiger partial charge in [0.15, 0.2) is 0 Å². The smallest absolute Gasteiger partial charge is 0.271 e. The number of aromatic amines is 1. The summed E-state index contributed by atoms with van der Waals surface area (Å²) in [6.07, 6.45) is 6.24. The average Bonchev–Trinajstić information content (AvgIpc) is 3.09. The number of amides is 1. The topological polar surface area (TPSA) is 66.8 Å². The van der Waals surface area contributed by atoms with Crippen LogP contribution < -0.4 is 0 Å². The molecule has 1 unspecified atom stereocenters. The van der Waals surface area contributed by atoms with Gasteiger partial charge in [-0.3, -0.25) is 14.6 Å². The minimum Gasteiger partial charge on any atom is -0.335 e. The summed E-state index contributed by atoms with van der Waals surface area (Å²) in [4.78, 5) is 13.9. The van der Waals surface area contributed by atoms with Gasteiger partial charge in [-0.25, -0.2) is 0 Å². The predicted octanol–water partition coefficient (Wildman–Crippen LogP) is 0.693. The van der Waals surface area contributed by atoms with Crippen LogP contribution in [0.5, 0.6) is 0 Å². The minimum absolute atomic E-state index is 0.0113. The molecule has 0 aliphatic carbocycles. The molecule has 3 heterocycles. The first-order valence-corrected chi connectivity index (χ1v) is 5.62. The van der Waals surface area contributed by atoms with Gasteiger partial charge in [-0.05, 0) is 18.6 Å². The molecule has 1 N–H and O–H groups in total. The Labute approximate surface area is 98.2 Å². The lowest BCUT2D eigenvalue weighted by atomic mass is 10.3. The minimum atomic E-state index is 0.0113. The summed E-state index contributed by atoms with van der Waals surface area (Å²) in [5, 5.41) is 10.7. The largest absolute Gasteiger partial charge is 0.335 e. The van der Waals surface area contributed by atoms with Crippen LogP contribution in [0.15, 0.2) is 30.7 Å². The van der Waals surface area contributed by atoms with Gasteiger partial charge in [-0.1, -0.05) is 0 Å². The van der Waals surface area contributed by atoms with Gasteiger partial charge in [0.25, 0.3) is 5.91 Å². The number of likely N-dealkylation sites (tertiary alicyclic amines) is 1. The molecule has 0 radical (unpaired) electrons. The van der Waals surface area contributed by atoms with E-state index in [2.05, 4.69) is 15.3 Å². The number of H-pyrrole nitrogens is 1. The lowest BCUT2D eigenvalue weighted by molar-refractivity contribution is 0.0781. The maximum Gasteiger partial charge on any atom is 0.271 e. The molecule has 88 valence electrons. The quantitative estimate of drug-likeness (QED) is 0.827. The molecule has 1 aliphatic heterocycles. The Morgan fingerprint density at radius 1 is 1.47 bits per heavy atom. The van der Waals surface area contributed by atoms with Gasteiger partial charge in [-0.15, -0.1) is 0 Å². The Bertz CT molecular complexity index is 490. The SMILES string of the molecule is O=C(c1ccn[nH]1)N1CCC(n2cccn2)C1. The number of carbonyl (C=O) groups excluding carboxylic acids is 1. The van der Waals surface area contributed by atoms with Crippen LogP contribution in [0.25, 0.3) is 0 Å². The molecule has 6 nitrogen and oxygen atoms in total. The highest BCUT2D eigenvalue weighted by molar-refractivity contribution is 5.92. The number of rotatable bonds is 2. The first-order chi connectivity index (χ1) is 8.34. The van der Waals surface area contributed by atoms with Crippen molar-refractivity contribution in [2.45, 2.75) is 12.5 Å². The summed E-state index contributed by atoms with van der Waals surface area (Å²) < 4.78 is 1.92. The molecule has 3 rings (SSSR count). The Kier molecular flexibility index (Phi) is 2.40. The normalized spacial score (nSPS) is 19.8. The van der Waals surface area contributed by atoms with Gasteiger partial charge in [0.1, 0.15) is 5.69 Å². The first-order valence-electron chi connectivity index (χ1n) is 5.62. The Hall–Kier alpha value is -2.11. The molecule has 0 bridgehead atoms. The standard InChI is InChI=1S/C11H13N5O/c17-11(10-2-5-12-14-10)15-7-3-9(8-15)16-6-1-4-13-16/h1-2,4-6,9H,3,7-8H2,(H,12,14). The van der Waals surface area contributed by atoms with Crippen LogP contribution in [0.3, 0.4) is 0 Å². The zero-order chi connectivity index (χ0) is 11.7. The molecule has 6 heteroatoms. The van der Waals surface area contributed by atoms with Crippen LogP contribution in [0, 0.1) is 0 Å². The second-order valence-corrected chi connectivity index (χ2v) is 4.15. The third-order valence-electron chi connectivity index (χ3n) is 3.08. The Balaban J connectivity index is 1.70. The maximum absolute atomic E-state index is 12.0. The van der Waals surface area contributed by atoms with E-state index in [0.717, 1.165) is 13.0 Å². The van der Waals surface area contributed by atoms with Crippen molar-refractivity contribution >= 4 is 5.91 Å². The second kappa shape index (κ2) is 4.04. The highest BCUT2D eigenvalue weighted by atomic mass is 16.2. The van der Waals surface area contributed by atoms with Crippen LogP contribution in [-0.4, -0.2) is 43.9 Å². The molecule has 0 saturated carbocycles. The fourth-order valence-electron chi connectivity index (χ4n) is 2.18. The fraction of sp³-hybridized carbons (Fsp3) is 0.364. The van der Waals surface area contributed by atoms with Gasteiger partial charge < -0.3 is 4.90 Å². The number of nitrogens with one attached hydrogen (secondary N) is 1. The summed E-state index contributed by atoms with van der Waals surface area (Å²) >= 11 is 0. The van der Waals surface area contributed by atoms with E-state index in [0.29, 0.717) is 12.2 Å². The third kappa shape index (κ3) is 1.82. The van der Waals surface area contributed by atoms with Crippen molar-refractivity contribution in [2.24, 2.45) is 0 Å². The Morgan fingerprint density at radius 3 is 3.12 bits per heavy atom. The highest BCUT2D eigenvalue weighted by Crippen LogP contribution is 2.21. The number of hydrogen-bond donors (Lipinski definition) is 1. The maximum atomic E-state index is 12.0. The van der Waals surface area contributed by atoms with Crippen molar-refractivity contribution in [3.8, 4) is 0 Å². The van der Waals surface area contributed by atoms with E-state index in [4.69, 9.17) is 0 Å². The van der Waals surface area contributed by atoms with Crippen LogP contribution in [0.2, 0.25) is 0 Å². The molecule has 1 saturated heterocycles. The summed E-state index contributed by atoms with van der Waals surface area (Å²) in [6, 6.07) is 3.89. The molecule has 1 amide bonds. The van der Waals surface area contributed by atoms with Gasteiger partial charge in [-0.2, -0.15) is 10.2 Å². The van der Waals surface area contributed by atoms with Crippen LogP contribution in [0.4, 0.5) is 0 Å². The van der Waals surface area contributed by atoms with Crippen LogP contribution >= 0.6 is 0 Å². The van der Waals surface area contributed by atoms with E-state index in [9.17, 15) is 4.79 Å². The van der Waals surface area contributed by atoms with Gasteiger partial charge in [0, 0.05) is 31.7 Å². The second-order valence-electron chi connectivity index (χ2n) is 4.15. The molecule has 1 fully saturated rings. The monoisotopic (exact) mass is 231 g/mol. The molecule has 0 aromatic carbocycles. The van der Waals surface area contributed by atoms with Crippen molar-refractivity contribution < 1.29 is 4.79 Å². The van der Waals surface area contributed by atoms with E-state index in [1.54, 1.807) is 18.5 Å². The van der Waals surface area contributed by atoms with Crippen molar-refractivity contribution in [3.63, 3.8) is 0 Å². The van der Waals surface area contributed by atoms with Crippen molar-refractivity contribution in [1.82, 2.24) is 24.9 Å². The Morgan fingerprint density at radius 2 is 2.41 bits per heavy atom. The molecule has 2 aromatic heterocycles. The van der Waals surface area contributed by atoms with Gasteiger partial charge >= 0.3 is 0 Å². The van der Waals surface area contributed by atoms with E-state index < -0.39 is 0 Å². The summed E-state index contributed by atoms with van der Waals surface area (Å²) in [5.41, 5.74) is 0.547. The van der Waals surface area contributed by atoms with E-state index in [1.165, 1.54) is 0 Å². The molecular formula is C11H13N5O. The van der Waals surface area contributed by atoms with Crippen molar-refractivity contribution in [3.05, 3.63) is 36.4 Å². The van der Waals surface area contributed by atoms with E-state index in [-0.39, 0.29) is 11.9 Å². The summed E-state index contributed by atoms with van der Waals surface area (Å²) in [6.45, 7) is 1.47. The number of nitrogens with zero attached hydrogens (tertiary/aromatic N) is 4. The van der Waals surface area contributed by atoms with Crippen molar-refractivity contribution in [2.75, 3.05) is 13.1 Å². The van der Waals surface area contributed by atoms with Gasteiger partial charge in [0.2, 0.25) is 0 Å². The number of aromatic nitrogens is 4. The number of hydrogen-bond acceptors (Lipinski definition) is 3. The molecule has 1 aliphatic rings. The predicted molar refractivity (Wildman–Crippen MR) is 60.4 cm³/mol. The fourth-order valence-corrected chi connectivity index (χ4v) is 2.18. The average molecular weight is 231 g/mol. The molecule has 2 aromatic rings. The third-order valence-corrected chi connectivity index (χ3v) is 3.08. The molecule has 1 atom stereocenters. The first kappa shape index (κ1) is 10.1. The van der Waals surface area contributed by atoms with Crippen molar-refractivity contribution in [1.29, 1.82) is 0 Å². The van der Waals surface area contributed by atoms with Crippen LogP contribution in [-0.2, 0) is 0 Å². The molecule has 17 heavy (non-hydrogen) atoms. The molecule has 0 spiro atoms. The highest BCUT2D eigenvalue weighted by Gasteiger charge is 2.28. The van der Waals surface area contributed by atoms with E-state index in [1.807, 2.05) is 21.8 Å². The van der Waals surface area contributed by atoms with E-state index >= 15 is 0 Å². The lowest BCUT2D eigenvalue weighted by Crippen LogP contribution is -2.29. The van der Waals surface area contributed by atoms with Crippen LogP contribution in [0.1, 0.15) is 23.0 Å². The zero-order valence-electron chi connectivity index (χ0n) is 9.28.